The summed E-state index contributed by atoms with van der Waals surface area (Å²) in [6.45, 7) is 5.67. The van der Waals surface area contributed by atoms with Crippen LogP contribution in [0.4, 0.5) is 4.79 Å². The smallest absolute Gasteiger partial charge is 0.410 e. The molecule has 0 N–H and O–H groups in total. The van der Waals surface area contributed by atoms with Crippen molar-refractivity contribution in [2.45, 2.75) is 44.8 Å². The van der Waals surface area contributed by atoms with Crippen LogP contribution in [-0.4, -0.2) is 23.6 Å². The molecule has 0 saturated heterocycles. The lowest BCUT2D eigenvalue weighted by Crippen LogP contribution is -2.40. The van der Waals surface area contributed by atoms with Gasteiger partial charge in [0, 0.05) is 7.05 Å². The molecule has 0 aromatic heterocycles. The molecule has 1 saturated carbocycles. The molecule has 3 nitrogen and oxygen atoms in total. The van der Waals surface area contributed by atoms with Crippen LogP contribution in [0.1, 0.15) is 39.2 Å². The van der Waals surface area contributed by atoms with Crippen molar-refractivity contribution in [2.24, 2.45) is 0 Å². The molecule has 18 heavy (non-hydrogen) atoms. The fourth-order valence-electron chi connectivity index (χ4n) is 2.19. The van der Waals surface area contributed by atoms with Gasteiger partial charge in [0.05, 0.1) is 5.54 Å². The van der Waals surface area contributed by atoms with Crippen LogP contribution in [0.25, 0.3) is 0 Å². The summed E-state index contributed by atoms with van der Waals surface area (Å²) in [5.41, 5.74) is 0.597. The second-order valence-corrected chi connectivity index (χ2v) is 5.94. The first-order valence-electron chi connectivity index (χ1n) is 6.37. The van der Waals surface area contributed by atoms with Gasteiger partial charge in [-0.3, -0.25) is 0 Å². The Kier molecular flexibility index (Phi) is 3.09. The highest BCUT2D eigenvalue weighted by atomic mass is 16.6. The van der Waals surface area contributed by atoms with Crippen molar-refractivity contribution in [3.8, 4) is 0 Å². The van der Waals surface area contributed by atoms with Crippen molar-refractivity contribution < 1.29 is 9.53 Å². The summed E-state index contributed by atoms with van der Waals surface area (Å²) in [4.78, 5) is 13.9. The number of hydrogen-bond donors (Lipinski definition) is 0. The van der Waals surface area contributed by atoms with Crippen LogP contribution in [0.2, 0.25) is 0 Å². The van der Waals surface area contributed by atoms with Gasteiger partial charge in [-0.15, -0.1) is 0 Å². The van der Waals surface area contributed by atoms with E-state index in [0.717, 1.165) is 12.8 Å². The molecule has 0 unspecified atom stereocenters. The first-order valence-corrected chi connectivity index (χ1v) is 6.37. The van der Waals surface area contributed by atoms with E-state index in [0.29, 0.717) is 0 Å². The van der Waals surface area contributed by atoms with E-state index >= 15 is 0 Å². The Hall–Kier alpha value is -1.51. The second kappa shape index (κ2) is 4.30. The van der Waals surface area contributed by atoms with E-state index < -0.39 is 5.60 Å². The molecular formula is C15H21NO2. The quantitative estimate of drug-likeness (QED) is 0.800. The Labute approximate surface area is 109 Å². The summed E-state index contributed by atoms with van der Waals surface area (Å²) in [5, 5.41) is 0. The molecule has 1 aliphatic carbocycles. The lowest BCUT2D eigenvalue weighted by atomic mass is 10.0. The van der Waals surface area contributed by atoms with Gasteiger partial charge in [0.1, 0.15) is 5.60 Å². The minimum absolute atomic E-state index is 0.149. The first-order chi connectivity index (χ1) is 8.35. The maximum atomic E-state index is 12.1. The third kappa shape index (κ3) is 2.50. The number of benzene rings is 1. The van der Waals surface area contributed by atoms with E-state index in [9.17, 15) is 4.79 Å². The van der Waals surface area contributed by atoms with Crippen molar-refractivity contribution in [2.75, 3.05) is 7.05 Å². The number of amides is 1. The molecule has 2 rings (SSSR count). The number of nitrogens with zero attached hydrogens (tertiary/aromatic N) is 1. The minimum atomic E-state index is -0.446. The third-order valence-electron chi connectivity index (χ3n) is 3.34. The highest BCUT2D eigenvalue weighted by molar-refractivity contribution is 5.70. The van der Waals surface area contributed by atoms with Gasteiger partial charge in [0.25, 0.3) is 0 Å². The first kappa shape index (κ1) is 12.9. The van der Waals surface area contributed by atoms with Gasteiger partial charge in [0.15, 0.2) is 0 Å². The van der Waals surface area contributed by atoms with Crippen molar-refractivity contribution in [1.29, 1.82) is 0 Å². The average Bonchev–Trinajstić information content (AvgIpc) is 3.08. The average molecular weight is 247 g/mol. The summed E-state index contributed by atoms with van der Waals surface area (Å²) in [5.74, 6) is 0. The summed E-state index contributed by atoms with van der Waals surface area (Å²) in [6.07, 6.45) is 1.77. The number of rotatable bonds is 2. The fraction of sp³-hybridized carbons (Fsp3) is 0.533. The molecule has 0 aliphatic heterocycles. The predicted molar refractivity (Wildman–Crippen MR) is 71.4 cm³/mol. The predicted octanol–water partition coefficient (Wildman–Crippen LogP) is 3.54. The van der Waals surface area contributed by atoms with Crippen LogP contribution >= 0.6 is 0 Å². The monoisotopic (exact) mass is 247 g/mol. The molecule has 1 amide bonds. The van der Waals surface area contributed by atoms with Crippen molar-refractivity contribution in [3.63, 3.8) is 0 Å². The highest BCUT2D eigenvalue weighted by Gasteiger charge is 2.50. The van der Waals surface area contributed by atoms with E-state index in [1.165, 1.54) is 5.56 Å². The molecule has 1 fully saturated rings. The topological polar surface area (TPSA) is 29.5 Å². The standard InChI is InChI=1S/C15H21NO2/c1-14(2,3)18-13(17)16(4)15(10-11-15)12-8-6-5-7-9-12/h5-9H,10-11H2,1-4H3. The number of carbonyl (C=O) groups is 1. The molecule has 1 aromatic carbocycles. The zero-order valence-electron chi connectivity index (χ0n) is 11.6. The van der Waals surface area contributed by atoms with Crippen LogP contribution in [0.5, 0.6) is 0 Å². The lowest BCUT2D eigenvalue weighted by Gasteiger charge is -2.31. The van der Waals surface area contributed by atoms with Gasteiger partial charge in [-0.05, 0) is 39.2 Å². The van der Waals surface area contributed by atoms with Gasteiger partial charge in [-0.1, -0.05) is 30.3 Å². The lowest BCUT2D eigenvalue weighted by molar-refractivity contribution is 0.0190. The van der Waals surface area contributed by atoms with Crippen molar-refractivity contribution in [3.05, 3.63) is 35.9 Å². The molecule has 1 aliphatic rings. The SMILES string of the molecule is CN(C(=O)OC(C)(C)C)C1(c2ccccc2)CC1. The normalized spacial score (nSPS) is 17.1. The van der Waals surface area contributed by atoms with E-state index in [2.05, 4.69) is 12.1 Å². The van der Waals surface area contributed by atoms with E-state index in [1.54, 1.807) is 4.90 Å². The summed E-state index contributed by atoms with van der Waals surface area (Å²) >= 11 is 0. The van der Waals surface area contributed by atoms with Gasteiger partial charge in [-0.2, -0.15) is 0 Å². The Balaban J connectivity index is 2.14. The third-order valence-corrected chi connectivity index (χ3v) is 3.34. The molecule has 0 bridgehead atoms. The Morgan fingerprint density at radius 1 is 1.22 bits per heavy atom. The molecule has 0 heterocycles. The summed E-state index contributed by atoms with van der Waals surface area (Å²) in [6, 6.07) is 10.2. The fourth-order valence-corrected chi connectivity index (χ4v) is 2.19. The van der Waals surface area contributed by atoms with Crippen molar-refractivity contribution >= 4 is 6.09 Å². The van der Waals surface area contributed by atoms with Crippen LogP contribution in [0.3, 0.4) is 0 Å². The van der Waals surface area contributed by atoms with Crippen molar-refractivity contribution in [1.82, 2.24) is 4.90 Å². The van der Waals surface area contributed by atoms with Crippen LogP contribution in [0, 0.1) is 0 Å². The summed E-state index contributed by atoms with van der Waals surface area (Å²) in [7, 11) is 1.83. The van der Waals surface area contributed by atoms with Gasteiger partial charge < -0.3 is 9.64 Å². The van der Waals surface area contributed by atoms with Gasteiger partial charge in [0.2, 0.25) is 0 Å². The maximum Gasteiger partial charge on any atom is 0.410 e. The molecule has 3 heteroatoms. The molecule has 0 spiro atoms. The zero-order valence-corrected chi connectivity index (χ0v) is 11.6. The van der Waals surface area contributed by atoms with Crippen LogP contribution in [-0.2, 0) is 10.3 Å². The van der Waals surface area contributed by atoms with Gasteiger partial charge in [-0.25, -0.2) is 4.79 Å². The zero-order chi connectivity index (χ0) is 13.4. The molecule has 1 aromatic rings. The Morgan fingerprint density at radius 2 is 1.78 bits per heavy atom. The minimum Gasteiger partial charge on any atom is -0.444 e. The maximum absolute atomic E-state index is 12.1. The van der Waals surface area contributed by atoms with E-state index in [1.807, 2.05) is 46.0 Å². The Bertz CT molecular complexity index is 430. The molecule has 0 atom stereocenters. The summed E-state index contributed by atoms with van der Waals surface area (Å²) < 4.78 is 5.43. The van der Waals surface area contributed by atoms with E-state index in [4.69, 9.17) is 4.74 Å². The number of carbonyl (C=O) groups excluding carboxylic acids is 1. The second-order valence-electron chi connectivity index (χ2n) is 5.94. The highest BCUT2D eigenvalue weighted by Crippen LogP contribution is 2.50. The Morgan fingerprint density at radius 3 is 2.22 bits per heavy atom. The van der Waals surface area contributed by atoms with Crippen LogP contribution in [0.15, 0.2) is 30.3 Å². The largest absolute Gasteiger partial charge is 0.444 e. The van der Waals surface area contributed by atoms with Crippen LogP contribution < -0.4 is 0 Å². The van der Waals surface area contributed by atoms with E-state index in [-0.39, 0.29) is 11.6 Å². The molecular weight excluding hydrogens is 226 g/mol. The molecule has 0 radical (unpaired) electrons. The number of ether oxygens (including phenoxy) is 1. The van der Waals surface area contributed by atoms with Gasteiger partial charge >= 0.3 is 6.09 Å². The number of hydrogen-bond acceptors (Lipinski definition) is 2. The molecule has 98 valence electrons.